The first-order valence-corrected chi connectivity index (χ1v) is 5.87. The number of hydrogen-bond donors (Lipinski definition) is 2. The van der Waals surface area contributed by atoms with E-state index in [0.717, 1.165) is 11.1 Å². The molecule has 1 aliphatic heterocycles. The second-order valence-electron chi connectivity index (χ2n) is 4.75. The summed E-state index contributed by atoms with van der Waals surface area (Å²) in [4.78, 5) is 24.7. The fraction of sp³-hybridized carbons (Fsp3) is 0.385. The van der Waals surface area contributed by atoms with Gasteiger partial charge in [0, 0.05) is 13.0 Å². The van der Waals surface area contributed by atoms with Crippen LogP contribution in [0.2, 0.25) is 0 Å². The second kappa shape index (κ2) is 4.33. The molecule has 0 aromatic heterocycles. The van der Waals surface area contributed by atoms with Crippen LogP contribution in [0.1, 0.15) is 17.5 Å². The van der Waals surface area contributed by atoms with Gasteiger partial charge in [0.1, 0.15) is 0 Å². The van der Waals surface area contributed by atoms with E-state index in [9.17, 15) is 9.59 Å². The van der Waals surface area contributed by atoms with E-state index in [-0.39, 0.29) is 12.3 Å². The molecule has 1 aromatic carbocycles. The number of nitrogens with zero attached hydrogens (tertiary/aromatic N) is 1. The van der Waals surface area contributed by atoms with Gasteiger partial charge in [-0.25, -0.2) is 0 Å². The van der Waals surface area contributed by atoms with Crippen molar-refractivity contribution in [2.45, 2.75) is 20.3 Å². The highest BCUT2D eigenvalue weighted by atomic mass is 16.2. The zero-order valence-electron chi connectivity index (χ0n) is 10.6. The molecule has 1 fully saturated rings. The largest absolute Gasteiger partial charge is 0.397 e. The first-order chi connectivity index (χ1) is 8.41. The number of carbonyl (C=O) groups excluding carboxylic acids is 2. The van der Waals surface area contributed by atoms with Gasteiger partial charge < -0.3 is 16.4 Å². The molecule has 0 saturated carbocycles. The van der Waals surface area contributed by atoms with E-state index in [2.05, 4.69) is 0 Å². The Morgan fingerprint density at radius 3 is 2.61 bits per heavy atom. The average Bonchev–Trinajstić information content (AvgIpc) is 2.67. The molecule has 5 nitrogen and oxygen atoms in total. The molecule has 1 aliphatic rings. The van der Waals surface area contributed by atoms with Gasteiger partial charge in [0.15, 0.2) is 0 Å². The van der Waals surface area contributed by atoms with E-state index in [1.54, 1.807) is 11.0 Å². The Morgan fingerprint density at radius 2 is 2.06 bits per heavy atom. The van der Waals surface area contributed by atoms with Crippen molar-refractivity contribution in [1.82, 2.24) is 0 Å². The quantitative estimate of drug-likeness (QED) is 0.755. The molecule has 18 heavy (non-hydrogen) atoms. The van der Waals surface area contributed by atoms with Crippen LogP contribution in [0.4, 0.5) is 11.4 Å². The average molecular weight is 247 g/mol. The Kier molecular flexibility index (Phi) is 2.98. The van der Waals surface area contributed by atoms with Gasteiger partial charge in [0.25, 0.3) is 0 Å². The standard InChI is InChI=1S/C13H17N3O2/c1-7-3-4-10(14)12(8(7)2)16-6-9(13(15)18)5-11(16)17/h3-4,9H,5-6,14H2,1-2H3,(H2,15,18). The van der Waals surface area contributed by atoms with Crippen LogP contribution in [0, 0.1) is 19.8 Å². The number of aryl methyl sites for hydroxylation is 1. The van der Waals surface area contributed by atoms with Crippen LogP contribution in [0.5, 0.6) is 0 Å². The van der Waals surface area contributed by atoms with Crippen molar-refractivity contribution in [1.29, 1.82) is 0 Å². The monoisotopic (exact) mass is 247 g/mol. The summed E-state index contributed by atoms with van der Waals surface area (Å²) in [5.41, 5.74) is 14.5. The van der Waals surface area contributed by atoms with E-state index in [1.807, 2.05) is 19.9 Å². The van der Waals surface area contributed by atoms with Crippen LogP contribution in [-0.4, -0.2) is 18.4 Å². The molecule has 0 radical (unpaired) electrons. The molecule has 4 N–H and O–H groups in total. The smallest absolute Gasteiger partial charge is 0.227 e. The van der Waals surface area contributed by atoms with E-state index in [0.29, 0.717) is 17.9 Å². The Bertz CT molecular complexity index is 525. The summed E-state index contributed by atoms with van der Waals surface area (Å²) >= 11 is 0. The van der Waals surface area contributed by atoms with E-state index < -0.39 is 11.8 Å². The molecule has 2 rings (SSSR count). The number of benzene rings is 1. The normalized spacial score (nSPS) is 19.3. The number of nitrogen functional groups attached to an aromatic ring is 1. The molecule has 96 valence electrons. The van der Waals surface area contributed by atoms with Crippen molar-refractivity contribution in [3.8, 4) is 0 Å². The van der Waals surface area contributed by atoms with Crippen molar-refractivity contribution >= 4 is 23.2 Å². The van der Waals surface area contributed by atoms with Crippen molar-refractivity contribution in [3.05, 3.63) is 23.3 Å². The van der Waals surface area contributed by atoms with Crippen LogP contribution in [0.3, 0.4) is 0 Å². The van der Waals surface area contributed by atoms with Gasteiger partial charge in [-0.2, -0.15) is 0 Å². The second-order valence-corrected chi connectivity index (χ2v) is 4.75. The fourth-order valence-corrected chi connectivity index (χ4v) is 2.29. The van der Waals surface area contributed by atoms with Crippen LogP contribution in [0.25, 0.3) is 0 Å². The molecule has 1 unspecified atom stereocenters. The number of carbonyl (C=O) groups is 2. The third kappa shape index (κ3) is 1.92. The maximum atomic E-state index is 12.0. The van der Waals surface area contributed by atoms with Gasteiger partial charge in [-0.1, -0.05) is 6.07 Å². The molecule has 0 bridgehead atoms. The zero-order valence-corrected chi connectivity index (χ0v) is 10.6. The van der Waals surface area contributed by atoms with Crippen molar-refractivity contribution in [2.75, 3.05) is 17.2 Å². The minimum absolute atomic E-state index is 0.0980. The van der Waals surface area contributed by atoms with E-state index in [1.165, 1.54) is 0 Å². The molecule has 1 heterocycles. The van der Waals surface area contributed by atoms with E-state index in [4.69, 9.17) is 11.5 Å². The third-order valence-electron chi connectivity index (χ3n) is 3.53. The number of primary amides is 1. The SMILES string of the molecule is Cc1ccc(N)c(N2CC(C(N)=O)CC2=O)c1C. The van der Waals surface area contributed by atoms with Crippen molar-refractivity contribution < 1.29 is 9.59 Å². The lowest BCUT2D eigenvalue weighted by atomic mass is 10.1. The molecule has 5 heteroatoms. The third-order valence-corrected chi connectivity index (χ3v) is 3.53. The predicted molar refractivity (Wildman–Crippen MR) is 70.0 cm³/mol. The maximum absolute atomic E-state index is 12.0. The molecular weight excluding hydrogens is 230 g/mol. The van der Waals surface area contributed by atoms with Crippen LogP contribution in [-0.2, 0) is 9.59 Å². The summed E-state index contributed by atoms with van der Waals surface area (Å²) in [6.07, 6.45) is 0.169. The van der Waals surface area contributed by atoms with E-state index >= 15 is 0 Å². The van der Waals surface area contributed by atoms with Gasteiger partial charge in [-0.05, 0) is 31.0 Å². The summed E-state index contributed by atoms with van der Waals surface area (Å²) in [5, 5.41) is 0. The molecule has 2 amide bonds. The fourth-order valence-electron chi connectivity index (χ4n) is 2.29. The molecule has 1 aromatic rings. The first-order valence-electron chi connectivity index (χ1n) is 5.87. The van der Waals surface area contributed by atoms with Gasteiger partial charge in [0.2, 0.25) is 11.8 Å². The summed E-state index contributed by atoms with van der Waals surface area (Å²) < 4.78 is 0. The highest BCUT2D eigenvalue weighted by Gasteiger charge is 2.35. The summed E-state index contributed by atoms with van der Waals surface area (Å²) in [6.45, 7) is 4.21. The van der Waals surface area contributed by atoms with Crippen molar-refractivity contribution in [3.63, 3.8) is 0 Å². The number of anilines is 2. The van der Waals surface area contributed by atoms with Crippen LogP contribution in [0.15, 0.2) is 12.1 Å². The Balaban J connectivity index is 2.41. The minimum Gasteiger partial charge on any atom is -0.397 e. The molecule has 0 aliphatic carbocycles. The highest BCUT2D eigenvalue weighted by molar-refractivity contribution is 6.02. The highest BCUT2D eigenvalue weighted by Crippen LogP contribution is 2.34. The summed E-state index contributed by atoms with van der Waals surface area (Å²) in [7, 11) is 0. The lowest BCUT2D eigenvalue weighted by Gasteiger charge is -2.22. The molecule has 1 saturated heterocycles. The lowest BCUT2D eigenvalue weighted by molar-refractivity contribution is -0.123. The molecule has 0 spiro atoms. The molecule has 1 atom stereocenters. The predicted octanol–water partition coefficient (Wildman–Crippen LogP) is 0.724. The van der Waals surface area contributed by atoms with Crippen molar-refractivity contribution in [2.24, 2.45) is 11.7 Å². The summed E-state index contributed by atoms with van der Waals surface area (Å²) in [5.74, 6) is -0.953. The first kappa shape index (κ1) is 12.4. The van der Waals surface area contributed by atoms with Gasteiger partial charge >= 0.3 is 0 Å². The van der Waals surface area contributed by atoms with Crippen LogP contribution >= 0.6 is 0 Å². The number of amides is 2. The Morgan fingerprint density at radius 1 is 1.39 bits per heavy atom. The van der Waals surface area contributed by atoms with Crippen LogP contribution < -0.4 is 16.4 Å². The zero-order chi connectivity index (χ0) is 13.4. The molecular formula is C13H17N3O2. The Hall–Kier alpha value is -2.04. The number of rotatable bonds is 2. The van der Waals surface area contributed by atoms with Gasteiger partial charge in [-0.3, -0.25) is 9.59 Å². The lowest BCUT2D eigenvalue weighted by Crippen LogP contribution is -2.29. The summed E-state index contributed by atoms with van der Waals surface area (Å²) in [6, 6.07) is 3.70. The maximum Gasteiger partial charge on any atom is 0.227 e. The minimum atomic E-state index is -0.435. The topological polar surface area (TPSA) is 89.4 Å². The Labute approximate surface area is 106 Å². The number of hydrogen-bond acceptors (Lipinski definition) is 3. The van der Waals surface area contributed by atoms with Gasteiger partial charge in [0.05, 0.1) is 17.3 Å². The van der Waals surface area contributed by atoms with Gasteiger partial charge in [-0.15, -0.1) is 0 Å². The number of nitrogens with two attached hydrogens (primary N) is 2.